The average Bonchev–Trinajstić information content (AvgIpc) is 2.66. The molecule has 0 aromatic heterocycles. The van der Waals surface area contributed by atoms with E-state index in [1.807, 2.05) is 50.2 Å². The molecule has 146 valence electrons. The van der Waals surface area contributed by atoms with Gasteiger partial charge < -0.3 is 20.1 Å². The molecule has 1 amide bonds. The summed E-state index contributed by atoms with van der Waals surface area (Å²) in [5, 5.41) is 6.26. The Kier molecular flexibility index (Phi) is 7.98. The van der Waals surface area contributed by atoms with Crippen LogP contribution in [0.3, 0.4) is 0 Å². The van der Waals surface area contributed by atoms with E-state index >= 15 is 0 Å². The number of carbonyl (C=O) groups excluding carboxylic acids is 1. The molecule has 0 radical (unpaired) electrons. The number of hydrogen-bond donors (Lipinski definition) is 2. The van der Waals surface area contributed by atoms with E-state index in [4.69, 9.17) is 9.47 Å². The summed E-state index contributed by atoms with van der Waals surface area (Å²) in [7, 11) is 1.64. The summed E-state index contributed by atoms with van der Waals surface area (Å²) in [6.07, 6.45) is 0.942. The van der Waals surface area contributed by atoms with Gasteiger partial charge in [-0.05, 0) is 48.4 Å². The van der Waals surface area contributed by atoms with Crippen molar-refractivity contribution in [3.63, 3.8) is 0 Å². The maximum Gasteiger partial charge on any atom is 0.226 e. The number of rotatable bonds is 9. The number of carbonyl (C=O) groups is 1. The van der Waals surface area contributed by atoms with Crippen molar-refractivity contribution >= 4 is 33.2 Å². The highest BCUT2D eigenvalue weighted by Crippen LogP contribution is 2.34. The topological polar surface area (TPSA) is 59.6 Å². The molecular formula is C21H27BrN2O3. The van der Waals surface area contributed by atoms with Gasteiger partial charge >= 0.3 is 0 Å². The summed E-state index contributed by atoms with van der Waals surface area (Å²) in [5.41, 5.74) is 2.82. The van der Waals surface area contributed by atoms with Crippen LogP contribution in [0.2, 0.25) is 0 Å². The first-order valence-corrected chi connectivity index (χ1v) is 9.87. The molecule has 2 rings (SSSR count). The molecule has 2 aromatic carbocycles. The van der Waals surface area contributed by atoms with E-state index in [1.54, 1.807) is 7.11 Å². The van der Waals surface area contributed by atoms with Crippen molar-refractivity contribution in [1.82, 2.24) is 0 Å². The van der Waals surface area contributed by atoms with E-state index in [9.17, 15) is 4.79 Å². The maximum absolute atomic E-state index is 11.7. The van der Waals surface area contributed by atoms with Crippen molar-refractivity contribution in [2.45, 2.75) is 33.7 Å². The van der Waals surface area contributed by atoms with Crippen molar-refractivity contribution < 1.29 is 14.3 Å². The van der Waals surface area contributed by atoms with Gasteiger partial charge in [0.1, 0.15) is 0 Å². The van der Waals surface area contributed by atoms with Crippen LogP contribution in [0.5, 0.6) is 11.5 Å². The second kappa shape index (κ2) is 10.2. The number of amides is 1. The third kappa shape index (κ3) is 6.17. The van der Waals surface area contributed by atoms with E-state index in [0.717, 1.165) is 39.3 Å². The van der Waals surface area contributed by atoms with Crippen LogP contribution < -0.4 is 20.1 Å². The van der Waals surface area contributed by atoms with Crippen LogP contribution in [0.4, 0.5) is 11.4 Å². The molecule has 0 atom stereocenters. The molecule has 0 heterocycles. The van der Waals surface area contributed by atoms with Crippen LogP contribution >= 0.6 is 15.9 Å². The van der Waals surface area contributed by atoms with Gasteiger partial charge in [0.25, 0.3) is 0 Å². The first kappa shape index (κ1) is 21.1. The molecule has 0 aliphatic carbocycles. The molecule has 0 spiro atoms. The Balaban J connectivity index is 2.02. The van der Waals surface area contributed by atoms with E-state index < -0.39 is 0 Å². The molecule has 0 bridgehead atoms. The predicted octanol–water partition coefficient (Wildman–Crippen LogP) is 5.45. The Morgan fingerprint density at radius 2 is 1.78 bits per heavy atom. The molecular weight excluding hydrogens is 408 g/mol. The smallest absolute Gasteiger partial charge is 0.226 e. The zero-order valence-corrected chi connectivity index (χ0v) is 17.9. The number of ether oxygens (including phenoxy) is 2. The molecule has 0 saturated heterocycles. The Morgan fingerprint density at radius 1 is 1.11 bits per heavy atom. The van der Waals surface area contributed by atoms with Crippen molar-refractivity contribution in [2.75, 3.05) is 24.4 Å². The van der Waals surface area contributed by atoms with Gasteiger partial charge in [0.05, 0.1) is 13.7 Å². The summed E-state index contributed by atoms with van der Waals surface area (Å²) in [6, 6.07) is 11.6. The third-order valence-corrected chi connectivity index (χ3v) is 4.69. The van der Waals surface area contributed by atoms with E-state index in [2.05, 4.69) is 33.5 Å². The highest BCUT2D eigenvalue weighted by atomic mass is 79.9. The van der Waals surface area contributed by atoms with Gasteiger partial charge in [-0.15, -0.1) is 0 Å². The van der Waals surface area contributed by atoms with Crippen LogP contribution in [-0.4, -0.2) is 19.6 Å². The Bertz CT molecular complexity index is 761. The largest absolute Gasteiger partial charge is 0.493 e. The lowest BCUT2D eigenvalue weighted by Gasteiger charge is -2.15. The number of halogens is 1. The van der Waals surface area contributed by atoms with Gasteiger partial charge in [0.15, 0.2) is 11.5 Å². The summed E-state index contributed by atoms with van der Waals surface area (Å²) in [5.74, 6) is 1.42. The normalized spacial score (nSPS) is 10.6. The number of anilines is 2. The average molecular weight is 435 g/mol. The zero-order chi connectivity index (χ0) is 19.8. The monoisotopic (exact) mass is 434 g/mol. The quantitative estimate of drug-likeness (QED) is 0.550. The molecule has 2 N–H and O–H groups in total. The lowest BCUT2D eigenvalue weighted by atomic mass is 10.2. The molecule has 27 heavy (non-hydrogen) atoms. The van der Waals surface area contributed by atoms with Crippen LogP contribution in [0.15, 0.2) is 40.9 Å². The molecule has 0 unspecified atom stereocenters. The van der Waals surface area contributed by atoms with Gasteiger partial charge in [0, 0.05) is 28.3 Å². The minimum atomic E-state index is -0.0422. The maximum atomic E-state index is 11.7. The minimum absolute atomic E-state index is 0.0112. The molecule has 0 aliphatic heterocycles. The zero-order valence-electron chi connectivity index (χ0n) is 16.3. The Hall–Kier alpha value is -2.21. The molecule has 2 aromatic rings. The highest BCUT2D eigenvalue weighted by Gasteiger charge is 2.11. The summed E-state index contributed by atoms with van der Waals surface area (Å²) >= 11 is 3.61. The van der Waals surface area contributed by atoms with E-state index in [0.29, 0.717) is 13.2 Å². The molecule has 6 heteroatoms. The molecule has 0 fully saturated rings. The second-order valence-corrected chi connectivity index (χ2v) is 7.37. The molecule has 5 nitrogen and oxygen atoms in total. The third-order valence-electron chi connectivity index (χ3n) is 3.95. The molecule has 0 aliphatic rings. The fourth-order valence-electron chi connectivity index (χ4n) is 2.35. The predicted molar refractivity (Wildman–Crippen MR) is 114 cm³/mol. The first-order valence-electron chi connectivity index (χ1n) is 9.08. The van der Waals surface area contributed by atoms with Crippen molar-refractivity contribution in [3.8, 4) is 11.5 Å². The lowest BCUT2D eigenvalue weighted by molar-refractivity contribution is -0.118. The van der Waals surface area contributed by atoms with Crippen LogP contribution in [0.1, 0.15) is 32.8 Å². The van der Waals surface area contributed by atoms with Crippen LogP contribution in [0, 0.1) is 5.92 Å². The lowest BCUT2D eigenvalue weighted by Crippen LogP contribution is -2.17. The molecule has 0 saturated carbocycles. The summed E-state index contributed by atoms with van der Waals surface area (Å²) < 4.78 is 12.1. The number of hydrogen-bond acceptors (Lipinski definition) is 4. The van der Waals surface area contributed by atoms with Gasteiger partial charge in [-0.1, -0.05) is 36.7 Å². The van der Waals surface area contributed by atoms with Crippen molar-refractivity contribution in [2.24, 2.45) is 5.92 Å². The van der Waals surface area contributed by atoms with Crippen molar-refractivity contribution in [3.05, 3.63) is 46.4 Å². The SMILES string of the molecule is CCCOc1cc(Br)c(CNc2ccc(NC(=O)C(C)C)cc2)cc1OC. The van der Waals surface area contributed by atoms with Gasteiger partial charge in [-0.3, -0.25) is 4.79 Å². The number of benzene rings is 2. The van der Waals surface area contributed by atoms with Crippen LogP contribution in [-0.2, 0) is 11.3 Å². The standard InChI is InChI=1S/C21H27BrN2O3/c1-5-10-27-20-12-18(22)15(11-19(20)26-4)13-23-16-6-8-17(9-7-16)24-21(25)14(2)3/h6-9,11-12,14,23H,5,10,13H2,1-4H3,(H,24,25). The summed E-state index contributed by atoms with van der Waals surface area (Å²) in [4.78, 5) is 11.7. The fraction of sp³-hybridized carbons (Fsp3) is 0.381. The first-order chi connectivity index (χ1) is 12.9. The number of methoxy groups -OCH3 is 1. The second-order valence-electron chi connectivity index (χ2n) is 6.52. The number of nitrogens with one attached hydrogen (secondary N) is 2. The Labute approximate surface area is 169 Å². The highest BCUT2D eigenvalue weighted by molar-refractivity contribution is 9.10. The van der Waals surface area contributed by atoms with Crippen LogP contribution in [0.25, 0.3) is 0 Å². The van der Waals surface area contributed by atoms with Crippen molar-refractivity contribution in [1.29, 1.82) is 0 Å². The van der Waals surface area contributed by atoms with E-state index in [1.165, 1.54) is 0 Å². The fourth-order valence-corrected chi connectivity index (χ4v) is 2.81. The summed E-state index contributed by atoms with van der Waals surface area (Å²) in [6.45, 7) is 7.09. The van der Waals surface area contributed by atoms with E-state index in [-0.39, 0.29) is 11.8 Å². The van der Waals surface area contributed by atoms with Gasteiger partial charge in [-0.2, -0.15) is 0 Å². The minimum Gasteiger partial charge on any atom is -0.493 e. The van der Waals surface area contributed by atoms with Gasteiger partial charge in [0.2, 0.25) is 5.91 Å². The Morgan fingerprint density at radius 3 is 2.37 bits per heavy atom. The van der Waals surface area contributed by atoms with Gasteiger partial charge in [-0.25, -0.2) is 0 Å².